The summed E-state index contributed by atoms with van der Waals surface area (Å²) in [6, 6.07) is 30.2. The lowest BCUT2D eigenvalue weighted by molar-refractivity contribution is -0.435. The molecule has 178 valence electrons. The minimum absolute atomic E-state index is 0.426. The van der Waals surface area contributed by atoms with Crippen molar-refractivity contribution >= 4 is 33.4 Å². The number of hydrogen-bond donors (Lipinski definition) is 0. The molecule has 0 aliphatic rings. The Morgan fingerprint density at radius 2 is 0.946 bits per heavy atom. The number of rotatable bonds is 4. The largest absolute Gasteiger partial charge is 0.594 e. The molecule has 2 heterocycles. The van der Waals surface area contributed by atoms with Gasteiger partial charge in [0.05, 0.1) is 44.8 Å². The summed E-state index contributed by atoms with van der Waals surface area (Å²) in [5, 5.41) is 17.0. The normalized spacial score (nSPS) is 11.8. The maximum Gasteiger partial charge on any atom is 0.244 e. The molecule has 0 unspecified atom stereocenters. The average molecular weight is 483 g/mol. The first kappa shape index (κ1) is 22.4. The second kappa shape index (κ2) is 9.20. The number of aromatic nitrogens is 4. The van der Waals surface area contributed by atoms with E-state index in [4.69, 9.17) is 9.97 Å². The van der Waals surface area contributed by atoms with Crippen molar-refractivity contribution in [3.05, 3.63) is 114 Å². The van der Waals surface area contributed by atoms with Crippen molar-refractivity contribution in [1.29, 1.82) is 0 Å². The zero-order valence-corrected chi connectivity index (χ0v) is 20.3. The van der Waals surface area contributed by atoms with Gasteiger partial charge in [0.1, 0.15) is 5.69 Å². The van der Waals surface area contributed by atoms with Gasteiger partial charge in [0.15, 0.2) is 0 Å². The summed E-state index contributed by atoms with van der Waals surface area (Å²) in [7, 11) is 0. The van der Waals surface area contributed by atoms with Crippen LogP contribution in [0.4, 0.5) is 11.4 Å². The summed E-state index contributed by atoms with van der Waals surface area (Å²) >= 11 is 0. The van der Waals surface area contributed by atoms with E-state index >= 15 is 0 Å². The minimum atomic E-state index is 0.426. The molecule has 0 bridgehead atoms. The van der Waals surface area contributed by atoms with Crippen molar-refractivity contribution in [2.45, 2.75) is 13.8 Å². The van der Waals surface area contributed by atoms with Crippen molar-refractivity contribution in [2.75, 3.05) is 0 Å². The molecule has 0 amide bonds. The number of hydrogen-bond acceptors (Lipinski definition) is 6. The molecule has 7 nitrogen and oxygen atoms in total. The third kappa shape index (κ3) is 4.38. The Kier molecular flexibility index (Phi) is 5.58. The number of aryl methyl sites for hydroxylation is 2. The molecule has 0 N–H and O–H groups in total. The van der Waals surface area contributed by atoms with Crippen LogP contribution in [0.2, 0.25) is 0 Å². The molecule has 0 spiro atoms. The van der Waals surface area contributed by atoms with Crippen LogP contribution in [0.25, 0.3) is 44.6 Å². The van der Waals surface area contributed by atoms with Crippen LogP contribution in [0.3, 0.4) is 0 Å². The third-order valence-corrected chi connectivity index (χ3v) is 6.20. The van der Waals surface area contributed by atoms with Crippen molar-refractivity contribution in [2.24, 2.45) is 5.11 Å². The fourth-order valence-corrected chi connectivity index (χ4v) is 4.32. The number of para-hydroxylation sites is 4. The fraction of sp³-hybridized carbons (Fsp3) is 0.0667. The zero-order chi connectivity index (χ0) is 25.4. The molecule has 0 fully saturated rings. The Morgan fingerprint density at radius 3 is 1.41 bits per heavy atom. The maximum atomic E-state index is 12.8. The topological polar surface area (TPSA) is 90.0 Å². The number of fused-ring (bicyclic) bond motifs is 2. The first-order chi connectivity index (χ1) is 18.0. The van der Waals surface area contributed by atoms with E-state index in [2.05, 4.69) is 15.1 Å². The molecule has 0 saturated carbocycles. The van der Waals surface area contributed by atoms with Crippen molar-refractivity contribution < 1.29 is 4.86 Å². The van der Waals surface area contributed by atoms with Crippen LogP contribution in [0.5, 0.6) is 0 Å². The molecule has 0 atom stereocenters. The predicted molar refractivity (Wildman–Crippen MR) is 145 cm³/mol. The van der Waals surface area contributed by atoms with Crippen LogP contribution in [-0.2, 0) is 0 Å². The molecule has 7 heteroatoms. The van der Waals surface area contributed by atoms with Gasteiger partial charge in [0.2, 0.25) is 5.69 Å². The molecule has 4 aromatic carbocycles. The van der Waals surface area contributed by atoms with Crippen LogP contribution < -0.4 is 0 Å². The molecular weight excluding hydrogens is 460 g/mol. The molecule has 6 rings (SSSR count). The van der Waals surface area contributed by atoms with E-state index in [1.165, 1.54) is 0 Å². The van der Waals surface area contributed by atoms with Gasteiger partial charge in [-0.25, -0.2) is 19.9 Å². The van der Waals surface area contributed by atoms with Gasteiger partial charge in [0, 0.05) is 28.4 Å². The summed E-state index contributed by atoms with van der Waals surface area (Å²) < 4.78 is 0. The molecule has 0 saturated heterocycles. The Bertz CT molecular complexity index is 1790. The maximum absolute atomic E-state index is 12.8. The summed E-state index contributed by atoms with van der Waals surface area (Å²) in [4.78, 5) is 19.5. The van der Waals surface area contributed by atoms with Crippen LogP contribution in [0, 0.1) is 19.1 Å². The molecule has 6 aromatic rings. The van der Waals surface area contributed by atoms with Crippen LogP contribution in [-0.4, -0.2) is 24.8 Å². The highest BCUT2D eigenvalue weighted by atomic mass is 16.5. The number of benzene rings is 4. The van der Waals surface area contributed by atoms with Gasteiger partial charge in [-0.2, -0.15) is 0 Å². The smallest absolute Gasteiger partial charge is 0.244 e. The first-order valence-electron chi connectivity index (χ1n) is 11.9. The average Bonchev–Trinajstić information content (AvgIpc) is 2.93. The quantitative estimate of drug-likeness (QED) is 0.148. The number of nitrogens with zero attached hydrogens (tertiary/aromatic N) is 6. The predicted octanol–water partition coefficient (Wildman–Crippen LogP) is 7.45. The SMILES string of the molecule is Cc1nc2ccccc2nc1-c1ccc(N=[N+]([O-])c2ccc(-c3nc4ccccc4nc3C)cc2)cc1. The second-order valence-electron chi connectivity index (χ2n) is 8.76. The lowest BCUT2D eigenvalue weighted by Crippen LogP contribution is -1.95. The third-order valence-electron chi connectivity index (χ3n) is 6.20. The summed E-state index contributed by atoms with van der Waals surface area (Å²) in [6.45, 7) is 3.88. The lowest BCUT2D eigenvalue weighted by Gasteiger charge is -2.08. The van der Waals surface area contributed by atoms with E-state index in [1.54, 1.807) is 24.3 Å². The molecular formula is C30H22N6O. The molecule has 0 aliphatic heterocycles. The summed E-state index contributed by atoms with van der Waals surface area (Å²) in [5.74, 6) is 0. The van der Waals surface area contributed by atoms with Gasteiger partial charge in [-0.15, -0.1) is 0 Å². The van der Waals surface area contributed by atoms with Gasteiger partial charge in [-0.1, -0.05) is 41.3 Å². The van der Waals surface area contributed by atoms with Gasteiger partial charge >= 0.3 is 0 Å². The lowest BCUT2D eigenvalue weighted by atomic mass is 10.1. The van der Waals surface area contributed by atoms with Gasteiger partial charge < -0.3 is 5.21 Å². The molecule has 0 radical (unpaired) electrons. The fourth-order valence-electron chi connectivity index (χ4n) is 4.32. The Hall–Kier alpha value is -5.04. The van der Waals surface area contributed by atoms with E-state index in [9.17, 15) is 5.21 Å². The first-order valence-corrected chi connectivity index (χ1v) is 11.9. The van der Waals surface area contributed by atoms with Crippen molar-refractivity contribution in [1.82, 2.24) is 19.9 Å². The minimum Gasteiger partial charge on any atom is -0.594 e. The van der Waals surface area contributed by atoms with Gasteiger partial charge in [-0.3, -0.25) is 0 Å². The summed E-state index contributed by atoms with van der Waals surface area (Å²) in [6.07, 6.45) is 0. The Balaban J connectivity index is 1.25. The standard InChI is InChI=1S/C30H22N6O/c1-19-29(33-27-9-5-3-7-25(27)31-19)21-11-15-23(16-12-21)35-36(37)24-17-13-22(14-18-24)30-20(2)32-26-8-4-6-10-28(26)34-30/h3-18H,1-2H3. The molecule has 2 aromatic heterocycles. The molecule has 0 aliphatic carbocycles. The van der Waals surface area contributed by atoms with Crippen LogP contribution in [0.15, 0.2) is 102 Å². The highest BCUT2D eigenvalue weighted by Gasteiger charge is 2.11. The molecule has 37 heavy (non-hydrogen) atoms. The highest BCUT2D eigenvalue weighted by molar-refractivity contribution is 5.79. The Morgan fingerprint density at radius 1 is 0.541 bits per heavy atom. The van der Waals surface area contributed by atoms with E-state index in [-0.39, 0.29) is 0 Å². The van der Waals surface area contributed by atoms with E-state index < -0.39 is 0 Å². The Labute approximate surface area is 213 Å². The zero-order valence-electron chi connectivity index (χ0n) is 20.3. The van der Waals surface area contributed by atoms with Crippen molar-refractivity contribution in [3.63, 3.8) is 0 Å². The highest BCUT2D eigenvalue weighted by Crippen LogP contribution is 2.28. The van der Waals surface area contributed by atoms with Crippen LogP contribution >= 0.6 is 0 Å². The van der Waals surface area contributed by atoms with Crippen LogP contribution in [0.1, 0.15) is 11.4 Å². The van der Waals surface area contributed by atoms with Gasteiger partial charge in [-0.05, 0) is 62.4 Å². The van der Waals surface area contributed by atoms with Gasteiger partial charge in [0.25, 0.3) is 0 Å². The van der Waals surface area contributed by atoms with E-state index in [1.807, 2.05) is 86.6 Å². The monoisotopic (exact) mass is 482 g/mol. The second-order valence-corrected chi connectivity index (χ2v) is 8.76. The van der Waals surface area contributed by atoms with E-state index in [0.717, 1.165) is 56.0 Å². The van der Waals surface area contributed by atoms with E-state index in [0.29, 0.717) is 16.2 Å². The summed E-state index contributed by atoms with van der Waals surface area (Å²) in [5.41, 5.74) is 9.48. The number of azo groups is 1. The van der Waals surface area contributed by atoms with Crippen molar-refractivity contribution in [3.8, 4) is 22.5 Å².